The Morgan fingerprint density at radius 3 is 2.62 bits per heavy atom. The lowest BCUT2D eigenvalue weighted by atomic mass is 10.1. The first-order valence-electron chi connectivity index (χ1n) is 5.36. The average Bonchev–Trinajstić information content (AvgIpc) is 2.34. The second kappa shape index (κ2) is 6.98. The molecule has 0 aliphatic carbocycles. The third kappa shape index (κ3) is 4.00. The van der Waals surface area contributed by atoms with E-state index < -0.39 is 0 Å². The van der Waals surface area contributed by atoms with Gasteiger partial charge in [0.05, 0.1) is 12.7 Å². The van der Waals surface area contributed by atoms with Gasteiger partial charge >= 0.3 is 5.97 Å². The first kappa shape index (κ1) is 12.7. The molecule has 1 rings (SSSR count). The summed E-state index contributed by atoms with van der Waals surface area (Å²) >= 11 is 0. The van der Waals surface area contributed by atoms with Crippen molar-refractivity contribution < 1.29 is 9.53 Å². The maximum atomic E-state index is 11.2. The lowest BCUT2D eigenvalue weighted by Gasteiger charge is -2.04. The highest BCUT2D eigenvalue weighted by Gasteiger charge is 2.03. The number of nitrogens with two attached hydrogens (primary N) is 1. The molecule has 4 heteroatoms. The molecule has 0 atom stereocenters. The topological polar surface area (TPSA) is 64.3 Å². The Bertz CT molecular complexity index is 322. The second-order valence-corrected chi connectivity index (χ2v) is 3.51. The van der Waals surface area contributed by atoms with Gasteiger partial charge in [0, 0.05) is 6.54 Å². The fraction of sp³-hybridized carbons (Fsp3) is 0.417. The van der Waals surface area contributed by atoms with Crippen LogP contribution in [0.2, 0.25) is 0 Å². The van der Waals surface area contributed by atoms with E-state index in [9.17, 15) is 4.79 Å². The molecule has 1 aromatic carbocycles. The molecule has 0 aliphatic rings. The molecule has 0 heterocycles. The summed E-state index contributed by atoms with van der Waals surface area (Å²) < 4.78 is 4.62. The highest BCUT2D eigenvalue weighted by molar-refractivity contribution is 5.89. The minimum atomic E-state index is -0.303. The number of rotatable bonds is 6. The van der Waals surface area contributed by atoms with Gasteiger partial charge in [0.25, 0.3) is 0 Å². The van der Waals surface area contributed by atoms with Crippen molar-refractivity contribution in [2.75, 3.05) is 20.2 Å². The highest BCUT2D eigenvalue weighted by atomic mass is 16.5. The van der Waals surface area contributed by atoms with Gasteiger partial charge < -0.3 is 15.8 Å². The quantitative estimate of drug-likeness (QED) is 0.554. The van der Waals surface area contributed by atoms with Crippen LogP contribution in [0.4, 0.5) is 0 Å². The van der Waals surface area contributed by atoms with E-state index in [2.05, 4.69) is 10.1 Å². The number of hydrogen-bond donors (Lipinski definition) is 2. The Kier molecular flexibility index (Phi) is 5.53. The van der Waals surface area contributed by atoms with Crippen LogP contribution >= 0.6 is 0 Å². The minimum Gasteiger partial charge on any atom is -0.465 e. The highest BCUT2D eigenvalue weighted by Crippen LogP contribution is 2.05. The van der Waals surface area contributed by atoms with E-state index in [-0.39, 0.29) is 5.97 Å². The Morgan fingerprint density at radius 1 is 1.38 bits per heavy atom. The number of ether oxygens (including phenoxy) is 1. The summed E-state index contributed by atoms with van der Waals surface area (Å²) in [7, 11) is 1.38. The molecule has 0 aliphatic heterocycles. The van der Waals surface area contributed by atoms with Gasteiger partial charge in [0.15, 0.2) is 0 Å². The van der Waals surface area contributed by atoms with E-state index >= 15 is 0 Å². The Balaban J connectivity index is 2.42. The van der Waals surface area contributed by atoms with Crippen LogP contribution in [0.1, 0.15) is 22.3 Å². The molecule has 0 aromatic heterocycles. The summed E-state index contributed by atoms with van der Waals surface area (Å²) in [4.78, 5) is 11.2. The van der Waals surface area contributed by atoms with Gasteiger partial charge in [-0.05, 0) is 37.2 Å². The molecule has 0 saturated heterocycles. The van der Waals surface area contributed by atoms with Crippen molar-refractivity contribution in [2.24, 2.45) is 5.73 Å². The van der Waals surface area contributed by atoms with Crippen molar-refractivity contribution in [1.82, 2.24) is 5.32 Å². The number of benzene rings is 1. The molecule has 3 N–H and O–H groups in total. The summed E-state index contributed by atoms with van der Waals surface area (Å²) in [6, 6.07) is 7.38. The summed E-state index contributed by atoms with van der Waals surface area (Å²) in [6.45, 7) is 2.41. The normalized spacial score (nSPS) is 10.1. The maximum absolute atomic E-state index is 11.2. The summed E-state index contributed by atoms with van der Waals surface area (Å²) in [6.07, 6.45) is 0.972. The number of hydrogen-bond acceptors (Lipinski definition) is 4. The molecule has 16 heavy (non-hydrogen) atoms. The van der Waals surface area contributed by atoms with Crippen LogP contribution in [0.15, 0.2) is 24.3 Å². The van der Waals surface area contributed by atoms with Crippen molar-refractivity contribution in [3.8, 4) is 0 Å². The minimum absolute atomic E-state index is 0.303. The Labute approximate surface area is 95.8 Å². The first-order valence-corrected chi connectivity index (χ1v) is 5.36. The van der Waals surface area contributed by atoms with Gasteiger partial charge in [-0.3, -0.25) is 0 Å². The SMILES string of the molecule is COC(=O)c1ccc(CNCCCN)cc1. The fourth-order valence-electron chi connectivity index (χ4n) is 1.34. The van der Waals surface area contributed by atoms with Crippen molar-refractivity contribution in [1.29, 1.82) is 0 Å². The predicted octanol–water partition coefficient (Wildman–Crippen LogP) is 0.912. The molecular weight excluding hydrogens is 204 g/mol. The average molecular weight is 222 g/mol. The number of carbonyl (C=O) groups excluding carboxylic acids is 1. The van der Waals surface area contributed by atoms with Crippen molar-refractivity contribution in [3.05, 3.63) is 35.4 Å². The van der Waals surface area contributed by atoms with Crippen LogP contribution in [0.3, 0.4) is 0 Å². The predicted molar refractivity (Wildman–Crippen MR) is 63.2 cm³/mol. The van der Waals surface area contributed by atoms with Crippen LogP contribution in [-0.2, 0) is 11.3 Å². The number of esters is 1. The zero-order valence-corrected chi connectivity index (χ0v) is 9.53. The molecule has 0 bridgehead atoms. The lowest BCUT2D eigenvalue weighted by Crippen LogP contribution is -2.17. The van der Waals surface area contributed by atoms with E-state index in [0.717, 1.165) is 25.1 Å². The molecular formula is C12H18N2O2. The molecule has 88 valence electrons. The second-order valence-electron chi connectivity index (χ2n) is 3.51. The zero-order valence-electron chi connectivity index (χ0n) is 9.53. The Hall–Kier alpha value is -1.39. The Morgan fingerprint density at radius 2 is 2.06 bits per heavy atom. The van der Waals surface area contributed by atoms with E-state index in [1.165, 1.54) is 7.11 Å². The van der Waals surface area contributed by atoms with Crippen LogP contribution in [0.5, 0.6) is 0 Å². The number of nitrogens with one attached hydrogen (secondary N) is 1. The number of methoxy groups -OCH3 is 1. The summed E-state index contributed by atoms with van der Waals surface area (Å²) in [5.74, 6) is -0.303. The van der Waals surface area contributed by atoms with Gasteiger partial charge in [-0.15, -0.1) is 0 Å². The van der Waals surface area contributed by atoms with E-state index in [0.29, 0.717) is 12.1 Å². The third-order valence-electron chi connectivity index (χ3n) is 2.26. The van der Waals surface area contributed by atoms with Crippen LogP contribution < -0.4 is 11.1 Å². The van der Waals surface area contributed by atoms with Crippen LogP contribution in [-0.4, -0.2) is 26.2 Å². The fourth-order valence-corrected chi connectivity index (χ4v) is 1.34. The molecule has 0 spiro atoms. The summed E-state index contributed by atoms with van der Waals surface area (Å²) in [5.41, 5.74) is 7.11. The standard InChI is InChI=1S/C12H18N2O2/c1-16-12(15)11-5-3-10(4-6-11)9-14-8-2-7-13/h3-6,14H,2,7-9,13H2,1H3. The van der Waals surface area contributed by atoms with Gasteiger partial charge in [-0.2, -0.15) is 0 Å². The molecule has 4 nitrogen and oxygen atoms in total. The van der Waals surface area contributed by atoms with Gasteiger partial charge in [0.2, 0.25) is 0 Å². The molecule has 1 aromatic rings. The number of carbonyl (C=O) groups is 1. The summed E-state index contributed by atoms with van der Waals surface area (Å²) in [5, 5.41) is 3.27. The van der Waals surface area contributed by atoms with E-state index in [1.807, 2.05) is 12.1 Å². The van der Waals surface area contributed by atoms with Crippen molar-refractivity contribution in [3.63, 3.8) is 0 Å². The van der Waals surface area contributed by atoms with Gasteiger partial charge in [0.1, 0.15) is 0 Å². The first-order chi connectivity index (χ1) is 7.77. The molecule has 0 unspecified atom stereocenters. The lowest BCUT2D eigenvalue weighted by molar-refractivity contribution is 0.0600. The van der Waals surface area contributed by atoms with Crippen molar-refractivity contribution >= 4 is 5.97 Å². The van der Waals surface area contributed by atoms with Gasteiger partial charge in [-0.1, -0.05) is 12.1 Å². The van der Waals surface area contributed by atoms with E-state index in [4.69, 9.17) is 5.73 Å². The van der Waals surface area contributed by atoms with E-state index in [1.54, 1.807) is 12.1 Å². The largest absolute Gasteiger partial charge is 0.465 e. The van der Waals surface area contributed by atoms with Crippen LogP contribution in [0.25, 0.3) is 0 Å². The third-order valence-corrected chi connectivity index (χ3v) is 2.26. The van der Waals surface area contributed by atoms with Crippen molar-refractivity contribution in [2.45, 2.75) is 13.0 Å². The molecule has 0 fully saturated rings. The molecule has 0 amide bonds. The smallest absolute Gasteiger partial charge is 0.337 e. The van der Waals surface area contributed by atoms with Crippen LogP contribution in [0, 0.1) is 0 Å². The van der Waals surface area contributed by atoms with Gasteiger partial charge in [-0.25, -0.2) is 4.79 Å². The molecule has 0 radical (unpaired) electrons. The zero-order chi connectivity index (χ0) is 11.8. The maximum Gasteiger partial charge on any atom is 0.337 e. The monoisotopic (exact) mass is 222 g/mol. The molecule has 0 saturated carbocycles.